The summed E-state index contributed by atoms with van der Waals surface area (Å²) in [6.07, 6.45) is 5.58. The summed E-state index contributed by atoms with van der Waals surface area (Å²) >= 11 is 0. The molecular weight excluding hydrogens is 224 g/mol. The number of nitrogens with one attached hydrogen (secondary N) is 2. The van der Waals surface area contributed by atoms with E-state index in [9.17, 15) is 4.79 Å². The summed E-state index contributed by atoms with van der Waals surface area (Å²) in [7, 11) is 0. The van der Waals surface area contributed by atoms with E-state index < -0.39 is 0 Å². The van der Waals surface area contributed by atoms with E-state index in [2.05, 4.69) is 42.9 Å². The van der Waals surface area contributed by atoms with Gasteiger partial charge in [0.25, 0.3) is 0 Å². The van der Waals surface area contributed by atoms with Crippen LogP contribution in [0, 0.1) is 17.3 Å². The van der Waals surface area contributed by atoms with Crippen molar-refractivity contribution in [1.29, 1.82) is 0 Å². The maximum Gasteiger partial charge on any atom is 0.247 e. The molecule has 0 unspecified atom stereocenters. The average Bonchev–Trinajstić information content (AvgIpc) is 2.29. The van der Waals surface area contributed by atoms with Gasteiger partial charge in [0.15, 0.2) is 0 Å². The number of allylic oxidation sites excluding steroid dienone is 1. The predicted molar refractivity (Wildman–Crippen MR) is 75.1 cm³/mol. The van der Waals surface area contributed by atoms with E-state index in [0.717, 1.165) is 18.7 Å². The topological polar surface area (TPSA) is 44.9 Å². The van der Waals surface area contributed by atoms with Crippen LogP contribution in [0.5, 0.6) is 0 Å². The maximum atomic E-state index is 10.8. The standard InChI is InChI=1S/C15H20N2O/c1-15(2,3)9-5-4-6-10-16-11-13-7-8-14(18)17-12-13/h4,6-8,12,16H,10-11H2,1-3H3,(H,17,18)/b6-4+. The molecular formula is C15H20N2O. The van der Waals surface area contributed by atoms with Gasteiger partial charge in [-0.1, -0.05) is 24.0 Å². The van der Waals surface area contributed by atoms with Crippen molar-refractivity contribution >= 4 is 0 Å². The number of rotatable bonds is 4. The molecule has 0 saturated heterocycles. The molecule has 0 atom stereocenters. The van der Waals surface area contributed by atoms with Crippen molar-refractivity contribution in [3.05, 3.63) is 46.4 Å². The normalized spacial score (nSPS) is 11.3. The van der Waals surface area contributed by atoms with E-state index in [1.54, 1.807) is 6.20 Å². The minimum absolute atomic E-state index is 0.0493. The number of aromatic nitrogens is 1. The molecule has 1 heterocycles. The van der Waals surface area contributed by atoms with Gasteiger partial charge in [-0.15, -0.1) is 0 Å². The van der Waals surface area contributed by atoms with Gasteiger partial charge in [0, 0.05) is 30.8 Å². The Hall–Kier alpha value is -1.79. The van der Waals surface area contributed by atoms with Crippen molar-refractivity contribution in [2.45, 2.75) is 27.3 Å². The highest BCUT2D eigenvalue weighted by Gasteiger charge is 2.02. The molecule has 3 nitrogen and oxygen atoms in total. The molecule has 1 aromatic rings. The number of aromatic amines is 1. The predicted octanol–water partition coefficient (Wildman–Crippen LogP) is 2.07. The van der Waals surface area contributed by atoms with Crippen molar-refractivity contribution in [2.75, 3.05) is 6.54 Å². The molecule has 96 valence electrons. The van der Waals surface area contributed by atoms with Crippen molar-refractivity contribution in [1.82, 2.24) is 10.3 Å². The SMILES string of the molecule is CC(C)(C)C#C/C=C/CNCc1ccc(=O)[nH]c1. The second kappa shape index (κ2) is 6.83. The molecule has 0 aliphatic rings. The van der Waals surface area contributed by atoms with Crippen LogP contribution in [-0.2, 0) is 6.54 Å². The summed E-state index contributed by atoms with van der Waals surface area (Å²) in [5, 5.41) is 3.24. The molecule has 0 spiro atoms. The first-order valence-corrected chi connectivity index (χ1v) is 6.03. The fourth-order valence-electron chi connectivity index (χ4n) is 1.23. The van der Waals surface area contributed by atoms with E-state index in [1.807, 2.05) is 18.2 Å². The van der Waals surface area contributed by atoms with E-state index in [-0.39, 0.29) is 11.0 Å². The van der Waals surface area contributed by atoms with E-state index in [4.69, 9.17) is 0 Å². The lowest BCUT2D eigenvalue weighted by Crippen LogP contribution is -2.14. The summed E-state index contributed by atoms with van der Waals surface area (Å²) in [6.45, 7) is 7.75. The molecule has 2 N–H and O–H groups in total. The van der Waals surface area contributed by atoms with Gasteiger partial charge in [-0.25, -0.2) is 0 Å². The number of H-pyrrole nitrogens is 1. The Balaban J connectivity index is 2.26. The van der Waals surface area contributed by atoms with Gasteiger partial charge in [0.1, 0.15) is 0 Å². The fraction of sp³-hybridized carbons (Fsp3) is 0.400. The molecule has 18 heavy (non-hydrogen) atoms. The molecule has 1 aromatic heterocycles. The van der Waals surface area contributed by atoms with Gasteiger partial charge in [-0.2, -0.15) is 0 Å². The van der Waals surface area contributed by atoms with Crippen LogP contribution >= 0.6 is 0 Å². The summed E-state index contributed by atoms with van der Waals surface area (Å²) in [4.78, 5) is 13.5. The number of hydrogen-bond acceptors (Lipinski definition) is 2. The quantitative estimate of drug-likeness (QED) is 0.629. The molecule has 0 aliphatic heterocycles. The molecule has 0 amide bonds. The van der Waals surface area contributed by atoms with Crippen LogP contribution in [0.3, 0.4) is 0 Å². The highest BCUT2D eigenvalue weighted by atomic mass is 16.1. The lowest BCUT2D eigenvalue weighted by atomic mass is 9.98. The summed E-state index contributed by atoms with van der Waals surface area (Å²) in [6, 6.07) is 3.34. The van der Waals surface area contributed by atoms with Crippen molar-refractivity contribution in [3.63, 3.8) is 0 Å². The summed E-state index contributed by atoms with van der Waals surface area (Å²) < 4.78 is 0. The third-order valence-electron chi connectivity index (χ3n) is 2.09. The van der Waals surface area contributed by atoms with Gasteiger partial charge < -0.3 is 10.3 Å². The smallest absolute Gasteiger partial charge is 0.247 e. The maximum absolute atomic E-state index is 10.8. The zero-order valence-electron chi connectivity index (χ0n) is 11.2. The highest BCUT2D eigenvalue weighted by molar-refractivity contribution is 5.19. The van der Waals surface area contributed by atoms with Crippen molar-refractivity contribution in [3.8, 4) is 11.8 Å². The lowest BCUT2D eigenvalue weighted by molar-refractivity contribution is 0.571. The third-order valence-corrected chi connectivity index (χ3v) is 2.09. The zero-order valence-corrected chi connectivity index (χ0v) is 11.2. The van der Waals surface area contributed by atoms with Crippen LogP contribution < -0.4 is 10.9 Å². The fourth-order valence-corrected chi connectivity index (χ4v) is 1.23. The van der Waals surface area contributed by atoms with Crippen molar-refractivity contribution < 1.29 is 0 Å². The van der Waals surface area contributed by atoms with Crippen molar-refractivity contribution in [2.24, 2.45) is 5.41 Å². The highest BCUT2D eigenvalue weighted by Crippen LogP contribution is 2.09. The minimum atomic E-state index is -0.0731. The minimum Gasteiger partial charge on any atom is -0.329 e. The summed E-state index contributed by atoms with van der Waals surface area (Å²) in [5.41, 5.74) is 1.04. The first kappa shape index (κ1) is 14.3. The largest absolute Gasteiger partial charge is 0.329 e. The Labute approximate surface area is 108 Å². The second-order valence-corrected chi connectivity index (χ2v) is 5.11. The van der Waals surface area contributed by atoms with E-state index >= 15 is 0 Å². The van der Waals surface area contributed by atoms with Gasteiger partial charge in [-0.05, 0) is 32.4 Å². The number of hydrogen-bond donors (Lipinski definition) is 2. The van der Waals surface area contributed by atoms with E-state index in [1.165, 1.54) is 6.07 Å². The van der Waals surface area contributed by atoms with Gasteiger partial charge >= 0.3 is 0 Å². The lowest BCUT2D eigenvalue weighted by Gasteiger charge is -2.05. The van der Waals surface area contributed by atoms with Gasteiger partial charge in [-0.3, -0.25) is 4.79 Å². The Morgan fingerprint density at radius 2 is 2.17 bits per heavy atom. The molecule has 3 heteroatoms. The van der Waals surface area contributed by atoms with Crippen LogP contribution in [0.2, 0.25) is 0 Å². The Morgan fingerprint density at radius 1 is 1.39 bits per heavy atom. The Bertz CT molecular complexity index is 489. The molecule has 1 rings (SSSR count). The van der Waals surface area contributed by atoms with Crippen LogP contribution in [0.4, 0.5) is 0 Å². The van der Waals surface area contributed by atoms with Crippen LogP contribution in [-0.4, -0.2) is 11.5 Å². The third kappa shape index (κ3) is 6.72. The van der Waals surface area contributed by atoms with Gasteiger partial charge in [0.05, 0.1) is 0 Å². The molecule has 0 radical (unpaired) electrons. The van der Waals surface area contributed by atoms with Crippen LogP contribution in [0.25, 0.3) is 0 Å². The molecule has 0 fully saturated rings. The Morgan fingerprint density at radius 3 is 2.78 bits per heavy atom. The van der Waals surface area contributed by atoms with Crippen LogP contribution in [0.15, 0.2) is 35.3 Å². The molecule has 0 bridgehead atoms. The molecule has 0 aromatic carbocycles. The average molecular weight is 244 g/mol. The Kier molecular flexibility index (Phi) is 5.41. The second-order valence-electron chi connectivity index (χ2n) is 5.11. The summed E-state index contributed by atoms with van der Waals surface area (Å²) in [5.74, 6) is 6.15. The first-order valence-electron chi connectivity index (χ1n) is 6.03. The van der Waals surface area contributed by atoms with Crippen LogP contribution in [0.1, 0.15) is 26.3 Å². The van der Waals surface area contributed by atoms with Gasteiger partial charge in [0.2, 0.25) is 5.56 Å². The molecule has 0 saturated carbocycles. The zero-order chi connectivity index (χ0) is 13.4. The van der Waals surface area contributed by atoms with E-state index in [0.29, 0.717) is 0 Å². The molecule has 0 aliphatic carbocycles. The number of pyridine rings is 1. The monoisotopic (exact) mass is 244 g/mol. The first-order chi connectivity index (χ1) is 8.47.